The van der Waals surface area contributed by atoms with Gasteiger partial charge in [-0.15, -0.1) is 11.3 Å². The minimum absolute atomic E-state index is 0.0174. The first-order valence-corrected chi connectivity index (χ1v) is 16.7. The number of hydrogen-bond acceptors (Lipinski definition) is 9. The van der Waals surface area contributed by atoms with Crippen LogP contribution >= 0.6 is 22.9 Å². The highest BCUT2D eigenvalue weighted by Gasteiger charge is 2.49. The number of thiophene rings is 1. The Bertz CT molecular complexity index is 2070. The van der Waals surface area contributed by atoms with Gasteiger partial charge in [0.1, 0.15) is 41.0 Å². The summed E-state index contributed by atoms with van der Waals surface area (Å²) in [6.45, 7) is 2.37. The molecule has 49 heavy (non-hydrogen) atoms. The maximum atomic E-state index is 16.9. The van der Waals surface area contributed by atoms with Crippen molar-refractivity contribution in [1.82, 2.24) is 19.8 Å². The second-order valence-corrected chi connectivity index (χ2v) is 14.1. The Balaban J connectivity index is 1.40. The van der Waals surface area contributed by atoms with E-state index in [0.29, 0.717) is 13.0 Å². The molecular weight excluding hydrogens is 689 g/mol. The zero-order valence-corrected chi connectivity index (χ0v) is 27.5. The number of nitrogens with two attached hydrogens (primary N) is 1. The Morgan fingerprint density at radius 3 is 2.80 bits per heavy atom. The molecule has 2 N–H and O–H groups in total. The molecule has 3 saturated heterocycles. The molecular formula is C33H29ClF5N7O2S. The third-order valence-electron chi connectivity index (χ3n) is 9.54. The molecule has 0 radical (unpaired) electrons. The molecule has 0 aliphatic carbocycles. The van der Waals surface area contributed by atoms with Gasteiger partial charge in [0.05, 0.1) is 33.9 Å². The Labute approximate surface area is 286 Å². The number of aromatic nitrogens is 2. The number of nitrogen functional groups attached to an aromatic ring is 1. The van der Waals surface area contributed by atoms with Crippen LogP contribution in [0.15, 0.2) is 30.9 Å². The van der Waals surface area contributed by atoms with Gasteiger partial charge in [-0.1, -0.05) is 24.2 Å². The SMILES string of the molecule is C=CC(=O)N1CCN(c2nc(OC[C@@]34CCCN3C[C@H](F)C4)nc3c(F)c(-c4ccc(F)c5sc(N)c(C#N)c45)c(Cl)cc23)CC(F)(F)C1. The van der Waals surface area contributed by atoms with Crippen molar-refractivity contribution in [1.29, 1.82) is 5.26 Å². The topological polar surface area (TPSA) is 112 Å². The van der Waals surface area contributed by atoms with Crippen molar-refractivity contribution < 1.29 is 31.5 Å². The first-order valence-electron chi connectivity index (χ1n) is 15.5. The van der Waals surface area contributed by atoms with Crippen molar-refractivity contribution >= 4 is 60.7 Å². The number of benzene rings is 2. The summed E-state index contributed by atoms with van der Waals surface area (Å²) >= 11 is 7.56. The van der Waals surface area contributed by atoms with E-state index in [1.165, 1.54) is 17.0 Å². The monoisotopic (exact) mass is 717 g/mol. The summed E-state index contributed by atoms with van der Waals surface area (Å²) in [5.74, 6) is -5.84. The van der Waals surface area contributed by atoms with E-state index in [-0.39, 0.29) is 92.2 Å². The molecule has 0 unspecified atom stereocenters. The second kappa shape index (κ2) is 12.3. The molecule has 0 spiro atoms. The number of alkyl halides is 3. The highest BCUT2D eigenvalue weighted by molar-refractivity contribution is 7.23. The summed E-state index contributed by atoms with van der Waals surface area (Å²) in [5.41, 5.74) is 4.87. The van der Waals surface area contributed by atoms with Gasteiger partial charge in [-0.2, -0.15) is 15.2 Å². The van der Waals surface area contributed by atoms with Gasteiger partial charge in [0.15, 0.2) is 5.82 Å². The third kappa shape index (κ3) is 5.69. The number of anilines is 2. The molecule has 5 heterocycles. The van der Waals surface area contributed by atoms with Crippen molar-refractivity contribution in [3.05, 3.63) is 53.1 Å². The Hall–Kier alpha value is -4.26. The van der Waals surface area contributed by atoms with Crippen LogP contribution in [0.25, 0.3) is 32.1 Å². The smallest absolute Gasteiger partial charge is 0.319 e. The number of halogens is 6. The lowest BCUT2D eigenvalue weighted by molar-refractivity contribution is -0.130. The number of nitriles is 1. The average molecular weight is 718 g/mol. The van der Waals surface area contributed by atoms with Gasteiger partial charge in [0, 0.05) is 42.4 Å². The summed E-state index contributed by atoms with van der Waals surface area (Å²) in [4.78, 5) is 25.4. The van der Waals surface area contributed by atoms with Gasteiger partial charge in [-0.3, -0.25) is 9.69 Å². The molecule has 2 aromatic carbocycles. The van der Waals surface area contributed by atoms with Crippen molar-refractivity contribution in [2.75, 3.05) is 56.5 Å². The number of carbonyl (C=O) groups excluding carboxylic acids is 1. The summed E-state index contributed by atoms with van der Waals surface area (Å²) < 4.78 is 83.1. The molecule has 1 amide bonds. The van der Waals surface area contributed by atoms with Crippen LogP contribution < -0.4 is 15.4 Å². The minimum atomic E-state index is -3.40. The summed E-state index contributed by atoms with van der Waals surface area (Å²) in [6, 6.07) is 5.33. The first kappa shape index (κ1) is 33.2. The second-order valence-electron chi connectivity index (χ2n) is 12.6. The largest absolute Gasteiger partial charge is 0.461 e. The lowest BCUT2D eigenvalue weighted by Crippen LogP contribution is -2.43. The predicted octanol–water partition coefficient (Wildman–Crippen LogP) is 6.32. The van der Waals surface area contributed by atoms with Gasteiger partial charge in [-0.05, 0) is 43.2 Å². The lowest BCUT2D eigenvalue weighted by atomic mass is 9.95. The number of amides is 1. The van der Waals surface area contributed by atoms with Gasteiger partial charge in [-0.25, -0.2) is 22.0 Å². The number of nitrogens with zero attached hydrogens (tertiary/aromatic N) is 6. The number of hydrogen-bond donors (Lipinski definition) is 1. The fourth-order valence-electron chi connectivity index (χ4n) is 7.37. The summed E-state index contributed by atoms with van der Waals surface area (Å²) in [5, 5.41) is 9.72. The molecule has 4 aromatic rings. The van der Waals surface area contributed by atoms with Crippen LogP contribution in [-0.2, 0) is 4.79 Å². The molecule has 3 fully saturated rings. The standard InChI is InChI=1S/C33H29ClF5N7O2S/c1-2-23(47)44-8-9-45(15-33(38,39)14-44)30-19-10-21(34)25(18-4-5-22(36)28-24(18)20(12-40)29(41)49-28)26(37)27(19)42-31(43-30)48-16-32-6-3-7-46(32)13-17(35)11-32/h2,4-5,10,17H,1,3,6-9,11,13-16,41H2/t17-,32+/m1/s1. The number of ether oxygens (including phenoxy) is 1. The van der Waals surface area contributed by atoms with Crippen LogP contribution in [0.4, 0.5) is 32.8 Å². The van der Waals surface area contributed by atoms with Gasteiger partial charge in [0.2, 0.25) is 5.91 Å². The number of fused-ring (bicyclic) bond motifs is 3. The molecule has 7 rings (SSSR count). The van der Waals surface area contributed by atoms with E-state index in [0.717, 1.165) is 34.8 Å². The van der Waals surface area contributed by atoms with Crippen LogP contribution in [0.1, 0.15) is 24.8 Å². The zero-order chi connectivity index (χ0) is 34.8. The quantitative estimate of drug-likeness (QED) is 0.182. The van der Waals surface area contributed by atoms with E-state index in [4.69, 9.17) is 22.1 Å². The third-order valence-corrected chi connectivity index (χ3v) is 10.9. The molecule has 0 bridgehead atoms. The van der Waals surface area contributed by atoms with E-state index in [9.17, 15) is 18.8 Å². The first-order chi connectivity index (χ1) is 23.3. The van der Waals surface area contributed by atoms with Crippen LogP contribution in [0.3, 0.4) is 0 Å². The Morgan fingerprint density at radius 1 is 1.24 bits per heavy atom. The molecule has 2 atom stereocenters. The van der Waals surface area contributed by atoms with Crippen molar-refractivity contribution in [3.8, 4) is 23.2 Å². The Kier molecular flexibility index (Phi) is 8.32. The average Bonchev–Trinajstić information content (AvgIpc) is 3.67. The predicted molar refractivity (Wildman–Crippen MR) is 177 cm³/mol. The van der Waals surface area contributed by atoms with Gasteiger partial charge >= 0.3 is 6.01 Å². The van der Waals surface area contributed by atoms with Crippen LogP contribution in [-0.4, -0.2) is 89.2 Å². The van der Waals surface area contributed by atoms with Crippen LogP contribution in [0.5, 0.6) is 6.01 Å². The van der Waals surface area contributed by atoms with Crippen LogP contribution in [0, 0.1) is 23.0 Å². The lowest BCUT2D eigenvalue weighted by Gasteiger charge is -2.31. The fourth-order valence-corrected chi connectivity index (χ4v) is 8.62. The van der Waals surface area contributed by atoms with E-state index in [2.05, 4.69) is 16.5 Å². The van der Waals surface area contributed by atoms with Crippen molar-refractivity contribution in [3.63, 3.8) is 0 Å². The van der Waals surface area contributed by atoms with E-state index < -0.39 is 48.3 Å². The molecule has 3 aliphatic heterocycles. The minimum Gasteiger partial charge on any atom is -0.461 e. The fraction of sp³-hybridized carbons (Fsp3) is 0.394. The zero-order valence-electron chi connectivity index (χ0n) is 25.9. The molecule has 3 aliphatic rings. The highest BCUT2D eigenvalue weighted by atomic mass is 35.5. The van der Waals surface area contributed by atoms with Crippen molar-refractivity contribution in [2.24, 2.45) is 0 Å². The molecule has 9 nitrogen and oxygen atoms in total. The molecule has 16 heteroatoms. The maximum absolute atomic E-state index is 16.9. The molecule has 0 saturated carbocycles. The number of carbonyl (C=O) groups is 1. The van der Waals surface area contributed by atoms with Crippen LogP contribution in [0.2, 0.25) is 5.02 Å². The molecule has 2 aromatic heterocycles. The van der Waals surface area contributed by atoms with E-state index in [1.54, 1.807) is 0 Å². The normalized spacial score (nSPS) is 22.3. The Morgan fingerprint density at radius 2 is 2.04 bits per heavy atom. The van der Waals surface area contributed by atoms with E-state index >= 15 is 13.2 Å². The van der Waals surface area contributed by atoms with Gasteiger partial charge in [0.25, 0.3) is 5.92 Å². The summed E-state index contributed by atoms with van der Waals surface area (Å²) in [6.07, 6.45) is 1.65. The number of rotatable bonds is 6. The van der Waals surface area contributed by atoms with E-state index in [1.807, 2.05) is 11.0 Å². The molecule has 256 valence electrons. The highest BCUT2D eigenvalue weighted by Crippen LogP contribution is 2.46. The van der Waals surface area contributed by atoms with Gasteiger partial charge < -0.3 is 20.3 Å². The maximum Gasteiger partial charge on any atom is 0.319 e. The summed E-state index contributed by atoms with van der Waals surface area (Å²) in [7, 11) is 0. The van der Waals surface area contributed by atoms with Crippen molar-refractivity contribution in [2.45, 2.75) is 36.9 Å².